The number of aliphatic hydroxyl groups is 1. The van der Waals surface area contributed by atoms with E-state index in [1.807, 2.05) is 0 Å². The van der Waals surface area contributed by atoms with E-state index in [0.717, 1.165) is 57.1 Å². The highest BCUT2D eigenvalue weighted by Gasteiger charge is 2.35. The smallest absolute Gasteiger partial charge is 0.418 e. The van der Waals surface area contributed by atoms with E-state index in [1.54, 1.807) is 0 Å². The number of nitrogens with one attached hydrogen (secondary N) is 4. The number of aromatic nitrogens is 1. The summed E-state index contributed by atoms with van der Waals surface area (Å²) in [5.41, 5.74) is -0.873. The molecule has 43 heavy (non-hydrogen) atoms. The molecule has 2 amide bonds. The van der Waals surface area contributed by atoms with Crippen LogP contribution < -0.4 is 26.0 Å². The van der Waals surface area contributed by atoms with E-state index in [9.17, 15) is 27.5 Å². The summed E-state index contributed by atoms with van der Waals surface area (Å²) in [5, 5.41) is 20.8. The van der Waals surface area contributed by atoms with Crippen LogP contribution >= 0.6 is 0 Å². The van der Waals surface area contributed by atoms with Crippen LogP contribution in [-0.4, -0.2) is 28.4 Å². The molecular weight excluding hydrogens is 566 g/mol. The van der Waals surface area contributed by atoms with Gasteiger partial charge in [-0.2, -0.15) is 13.2 Å². The van der Waals surface area contributed by atoms with Crippen molar-refractivity contribution in [1.82, 2.24) is 4.98 Å². The number of rotatable bonds is 9. The number of anilines is 4. The molecule has 1 aromatic heterocycles. The minimum Gasteiger partial charge on any atom is -0.454 e. The lowest BCUT2D eigenvalue weighted by Gasteiger charge is -2.22. The Kier molecular flexibility index (Phi) is 9.24. The van der Waals surface area contributed by atoms with Crippen molar-refractivity contribution < 1.29 is 32.2 Å². The fourth-order valence-corrected chi connectivity index (χ4v) is 5.15. The van der Waals surface area contributed by atoms with Gasteiger partial charge in [-0.3, -0.25) is 0 Å². The standard InChI is InChI=1S/C31H35F4N5O3/c1-18-3-2-4-20(8-5-18)37-26-11-9-21(15-24(26)31(33,34)35)38-30(42)39-22-10-12-27(25(32)16-22)43-23-13-14-36-28(17-23)40-29(41)19-6-7-19/h9-20,29,37,41H,2-8H2,1H3,(H,36,40)(H2,38,39,42). The Balaban J connectivity index is 1.20. The molecule has 0 spiro atoms. The SMILES string of the molecule is CC1CCCC(Nc2ccc(NC(=O)Nc3ccc(Oc4ccnc(NC(O)C5CC5)c4)c(F)c3)cc2C(F)(F)F)CC1. The molecule has 1 heterocycles. The first-order valence-electron chi connectivity index (χ1n) is 14.5. The van der Waals surface area contributed by atoms with Gasteiger partial charge in [0.1, 0.15) is 17.8 Å². The zero-order valence-corrected chi connectivity index (χ0v) is 23.7. The third-order valence-electron chi connectivity index (χ3n) is 7.71. The van der Waals surface area contributed by atoms with Gasteiger partial charge in [0.2, 0.25) is 0 Å². The summed E-state index contributed by atoms with van der Waals surface area (Å²) < 4.78 is 62.2. The number of aliphatic hydroxyl groups excluding tert-OH is 1. The Morgan fingerprint density at radius 3 is 2.44 bits per heavy atom. The highest BCUT2D eigenvalue weighted by atomic mass is 19.4. The highest BCUT2D eigenvalue weighted by Crippen LogP contribution is 2.38. The van der Waals surface area contributed by atoms with Crippen LogP contribution in [0.5, 0.6) is 11.5 Å². The molecule has 2 aromatic carbocycles. The van der Waals surface area contributed by atoms with E-state index < -0.39 is 29.8 Å². The molecule has 8 nitrogen and oxygen atoms in total. The number of carbonyl (C=O) groups is 1. The molecule has 230 valence electrons. The first-order valence-corrected chi connectivity index (χ1v) is 14.5. The number of pyridine rings is 1. The molecule has 12 heteroatoms. The zero-order valence-electron chi connectivity index (χ0n) is 23.7. The van der Waals surface area contributed by atoms with Crippen LogP contribution in [0.2, 0.25) is 0 Å². The Bertz CT molecular complexity index is 1430. The van der Waals surface area contributed by atoms with E-state index in [2.05, 4.69) is 33.2 Å². The monoisotopic (exact) mass is 601 g/mol. The van der Waals surface area contributed by atoms with Gasteiger partial charge in [0.15, 0.2) is 11.6 Å². The van der Waals surface area contributed by atoms with Crippen LogP contribution in [0, 0.1) is 17.7 Å². The Morgan fingerprint density at radius 1 is 0.977 bits per heavy atom. The summed E-state index contributed by atoms with van der Waals surface area (Å²) in [7, 11) is 0. The second kappa shape index (κ2) is 13.1. The van der Waals surface area contributed by atoms with Gasteiger partial charge in [-0.05, 0) is 74.4 Å². The normalized spacial score (nSPS) is 19.6. The van der Waals surface area contributed by atoms with Crippen molar-refractivity contribution in [3.63, 3.8) is 0 Å². The molecule has 0 saturated heterocycles. The second-order valence-electron chi connectivity index (χ2n) is 11.3. The maximum atomic E-state index is 14.8. The van der Waals surface area contributed by atoms with Crippen LogP contribution in [0.25, 0.3) is 0 Å². The molecular formula is C31H35F4N5O3. The second-order valence-corrected chi connectivity index (χ2v) is 11.3. The maximum Gasteiger partial charge on any atom is 0.418 e. The third-order valence-corrected chi connectivity index (χ3v) is 7.71. The quantitative estimate of drug-likeness (QED) is 0.0962. The number of urea groups is 1. The van der Waals surface area contributed by atoms with Crippen LogP contribution in [-0.2, 0) is 6.18 Å². The summed E-state index contributed by atoms with van der Waals surface area (Å²) in [6.45, 7) is 2.16. The highest BCUT2D eigenvalue weighted by molar-refractivity contribution is 6.00. The number of carbonyl (C=O) groups excluding carboxylic acids is 1. The summed E-state index contributed by atoms with van der Waals surface area (Å²) in [5.74, 6) is 0.509. The number of hydrogen-bond acceptors (Lipinski definition) is 6. The molecule has 0 radical (unpaired) electrons. The van der Waals surface area contributed by atoms with Crippen molar-refractivity contribution in [2.24, 2.45) is 11.8 Å². The minimum absolute atomic E-state index is 0.0214. The topological polar surface area (TPSA) is 108 Å². The lowest BCUT2D eigenvalue weighted by molar-refractivity contribution is -0.136. The van der Waals surface area contributed by atoms with Gasteiger partial charge in [0.25, 0.3) is 0 Å². The van der Waals surface area contributed by atoms with Crippen LogP contribution in [0.4, 0.5) is 45.2 Å². The molecule has 2 aliphatic carbocycles. The van der Waals surface area contributed by atoms with Crippen LogP contribution in [0.15, 0.2) is 54.7 Å². The van der Waals surface area contributed by atoms with Crippen molar-refractivity contribution in [2.75, 3.05) is 21.3 Å². The largest absolute Gasteiger partial charge is 0.454 e. The van der Waals surface area contributed by atoms with Crippen molar-refractivity contribution in [1.29, 1.82) is 0 Å². The van der Waals surface area contributed by atoms with Crippen molar-refractivity contribution in [3.8, 4) is 11.5 Å². The predicted molar refractivity (Wildman–Crippen MR) is 157 cm³/mol. The van der Waals surface area contributed by atoms with Gasteiger partial charge in [-0.15, -0.1) is 0 Å². The van der Waals surface area contributed by atoms with Gasteiger partial charge in [0.05, 0.1) is 5.56 Å². The van der Waals surface area contributed by atoms with E-state index >= 15 is 0 Å². The molecule has 5 N–H and O–H groups in total. The molecule has 5 rings (SSSR count). The van der Waals surface area contributed by atoms with Crippen molar-refractivity contribution in [3.05, 3.63) is 66.1 Å². The molecule has 3 aromatic rings. The minimum atomic E-state index is -4.63. The van der Waals surface area contributed by atoms with Gasteiger partial charge in [-0.1, -0.05) is 19.8 Å². The fourth-order valence-electron chi connectivity index (χ4n) is 5.15. The van der Waals surface area contributed by atoms with Gasteiger partial charge >= 0.3 is 12.2 Å². The summed E-state index contributed by atoms with van der Waals surface area (Å²) in [6.07, 6.45) is 2.57. The van der Waals surface area contributed by atoms with Crippen LogP contribution in [0.3, 0.4) is 0 Å². The number of halogens is 4. The number of hydrogen-bond donors (Lipinski definition) is 5. The molecule has 3 unspecified atom stereocenters. The maximum absolute atomic E-state index is 14.8. The molecule has 2 fully saturated rings. The molecule has 2 saturated carbocycles. The lowest BCUT2D eigenvalue weighted by Crippen LogP contribution is -2.22. The van der Waals surface area contributed by atoms with E-state index in [-0.39, 0.29) is 40.5 Å². The van der Waals surface area contributed by atoms with E-state index in [1.165, 1.54) is 42.6 Å². The Morgan fingerprint density at radius 2 is 1.72 bits per heavy atom. The molecule has 0 aliphatic heterocycles. The number of benzene rings is 2. The molecule has 3 atom stereocenters. The summed E-state index contributed by atoms with van der Waals surface area (Å²) >= 11 is 0. The average molecular weight is 602 g/mol. The predicted octanol–water partition coefficient (Wildman–Crippen LogP) is 8.20. The number of alkyl halides is 3. The van der Waals surface area contributed by atoms with Gasteiger partial charge in [-0.25, -0.2) is 14.2 Å². The lowest BCUT2D eigenvalue weighted by atomic mass is 10.0. The van der Waals surface area contributed by atoms with E-state index in [4.69, 9.17) is 4.74 Å². The van der Waals surface area contributed by atoms with Crippen LogP contribution in [0.1, 0.15) is 57.4 Å². The van der Waals surface area contributed by atoms with E-state index in [0.29, 0.717) is 11.7 Å². The average Bonchev–Trinajstić information content (AvgIpc) is 3.80. The number of nitrogens with zero attached hydrogens (tertiary/aromatic N) is 1. The van der Waals surface area contributed by atoms with Gasteiger partial charge < -0.3 is 31.1 Å². The number of amides is 2. The third kappa shape index (κ3) is 8.50. The first kappa shape index (κ1) is 30.4. The van der Waals surface area contributed by atoms with Gasteiger partial charge in [0, 0.05) is 47.4 Å². The molecule has 2 aliphatic rings. The Labute approximate surface area is 247 Å². The Hall–Kier alpha value is -4.06. The molecule has 0 bridgehead atoms. The zero-order chi connectivity index (χ0) is 30.6. The first-order chi connectivity index (χ1) is 20.5. The number of ether oxygens (including phenoxy) is 1. The summed E-state index contributed by atoms with van der Waals surface area (Å²) in [4.78, 5) is 16.7. The van der Waals surface area contributed by atoms with Crippen molar-refractivity contribution in [2.45, 2.75) is 70.3 Å². The van der Waals surface area contributed by atoms with Crippen molar-refractivity contribution >= 4 is 28.9 Å². The summed E-state index contributed by atoms with van der Waals surface area (Å²) in [6, 6.07) is 9.53. The fraction of sp³-hybridized carbons (Fsp3) is 0.419.